The molecule has 0 unspecified atom stereocenters. The molecule has 114 valence electrons. The molecule has 0 saturated heterocycles. The molecule has 0 radical (unpaired) electrons. The van der Waals surface area contributed by atoms with Gasteiger partial charge >= 0.3 is 0 Å². The van der Waals surface area contributed by atoms with Crippen LogP contribution in [0.4, 0.5) is 5.69 Å². The first-order valence-corrected chi connectivity index (χ1v) is 7.67. The van der Waals surface area contributed by atoms with Crippen molar-refractivity contribution in [3.63, 3.8) is 0 Å². The topological polar surface area (TPSA) is 107 Å². The molecule has 0 fully saturated rings. The summed E-state index contributed by atoms with van der Waals surface area (Å²) in [6, 6.07) is 2.95. The van der Waals surface area contributed by atoms with Crippen LogP contribution < -0.4 is 15.2 Å². The second-order valence-electron chi connectivity index (χ2n) is 4.55. The van der Waals surface area contributed by atoms with Crippen LogP contribution in [0.3, 0.4) is 0 Å². The highest BCUT2D eigenvalue weighted by atomic mass is 32.2. The lowest BCUT2D eigenvalue weighted by atomic mass is 10.2. The van der Waals surface area contributed by atoms with E-state index in [-0.39, 0.29) is 23.1 Å². The summed E-state index contributed by atoms with van der Waals surface area (Å²) in [4.78, 5) is 3.92. The van der Waals surface area contributed by atoms with Crippen LogP contribution in [0.15, 0.2) is 27.6 Å². The Morgan fingerprint density at radius 1 is 1.38 bits per heavy atom. The number of rotatable bonds is 5. The molecular formula is C13H17N3O4S. The molecule has 2 aromatic rings. The summed E-state index contributed by atoms with van der Waals surface area (Å²) in [6.45, 7) is 3.46. The number of aromatic nitrogens is 1. The SMILES string of the molecule is COc1cc(C)c(N)cc1S(=O)(=O)NCc1ncc(C)o1. The van der Waals surface area contributed by atoms with Gasteiger partial charge in [0.15, 0.2) is 0 Å². The summed E-state index contributed by atoms with van der Waals surface area (Å²) in [6.07, 6.45) is 1.52. The van der Waals surface area contributed by atoms with Gasteiger partial charge in [-0.25, -0.2) is 18.1 Å². The number of anilines is 1. The molecule has 1 aromatic carbocycles. The monoisotopic (exact) mass is 311 g/mol. The fourth-order valence-electron chi connectivity index (χ4n) is 1.76. The maximum Gasteiger partial charge on any atom is 0.244 e. The first-order valence-electron chi connectivity index (χ1n) is 6.18. The minimum atomic E-state index is -3.79. The van der Waals surface area contributed by atoms with Gasteiger partial charge in [-0.15, -0.1) is 0 Å². The number of benzene rings is 1. The third kappa shape index (κ3) is 3.34. The molecule has 0 aliphatic heterocycles. The van der Waals surface area contributed by atoms with E-state index in [1.807, 2.05) is 0 Å². The van der Waals surface area contributed by atoms with Crippen molar-refractivity contribution in [1.82, 2.24) is 9.71 Å². The van der Waals surface area contributed by atoms with E-state index in [1.165, 1.54) is 19.4 Å². The number of hydrogen-bond donors (Lipinski definition) is 2. The summed E-state index contributed by atoms with van der Waals surface area (Å²) in [5.74, 6) is 1.13. The number of nitrogens with two attached hydrogens (primary N) is 1. The van der Waals surface area contributed by atoms with Gasteiger partial charge in [-0.05, 0) is 31.5 Å². The highest BCUT2D eigenvalue weighted by Gasteiger charge is 2.21. The maximum atomic E-state index is 12.3. The minimum Gasteiger partial charge on any atom is -0.495 e. The van der Waals surface area contributed by atoms with Crippen LogP contribution in [0.25, 0.3) is 0 Å². The number of hydrogen-bond acceptors (Lipinski definition) is 6. The van der Waals surface area contributed by atoms with Crippen LogP contribution >= 0.6 is 0 Å². The van der Waals surface area contributed by atoms with Gasteiger partial charge in [-0.3, -0.25) is 0 Å². The Morgan fingerprint density at radius 2 is 2.10 bits per heavy atom. The Bertz CT molecular complexity index is 753. The number of nitrogens with one attached hydrogen (secondary N) is 1. The predicted octanol–water partition coefficient (Wildman–Crippen LogP) is 1.36. The van der Waals surface area contributed by atoms with Gasteiger partial charge in [-0.1, -0.05) is 0 Å². The molecule has 0 aliphatic carbocycles. The summed E-state index contributed by atoms with van der Waals surface area (Å²) >= 11 is 0. The van der Waals surface area contributed by atoms with Gasteiger partial charge in [0.05, 0.1) is 19.9 Å². The van der Waals surface area contributed by atoms with Gasteiger partial charge in [0.1, 0.15) is 16.4 Å². The lowest BCUT2D eigenvalue weighted by Crippen LogP contribution is -2.24. The molecule has 7 nitrogen and oxygen atoms in total. The number of nitrogens with zero attached hydrogens (tertiary/aromatic N) is 1. The van der Waals surface area contributed by atoms with E-state index in [0.717, 1.165) is 5.56 Å². The van der Waals surface area contributed by atoms with Gasteiger partial charge in [0, 0.05) is 5.69 Å². The molecule has 0 amide bonds. The number of ether oxygens (including phenoxy) is 1. The zero-order valence-electron chi connectivity index (χ0n) is 12.0. The van der Waals surface area contributed by atoms with Crippen LogP contribution in [0.5, 0.6) is 5.75 Å². The molecule has 0 bridgehead atoms. The van der Waals surface area contributed by atoms with Gasteiger partial charge in [0.2, 0.25) is 15.9 Å². The summed E-state index contributed by atoms with van der Waals surface area (Å²) < 4.78 is 37.4. The van der Waals surface area contributed by atoms with E-state index < -0.39 is 10.0 Å². The highest BCUT2D eigenvalue weighted by Crippen LogP contribution is 2.28. The highest BCUT2D eigenvalue weighted by molar-refractivity contribution is 7.89. The lowest BCUT2D eigenvalue weighted by Gasteiger charge is -2.12. The van der Waals surface area contributed by atoms with Crippen molar-refractivity contribution in [3.8, 4) is 5.75 Å². The second-order valence-corrected chi connectivity index (χ2v) is 6.28. The third-order valence-electron chi connectivity index (χ3n) is 2.92. The Kier molecular flexibility index (Phi) is 4.19. The molecule has 1 aromatic heterocycles. The molecule has 1 heterocycles. The Hall–Kier alpha value is -2.06. The number of sulfonamides is 1. The zero-order valence-corrected chi connectivity index (χ0v) is 12.8. The predicted molar refractivity (Wildman–Crippen MR) is 77.4 cm³/mol. The molecule has 0 aliphatic rings. The average molecular weight is 311 g/mol. The zero-order chi connectivity index (χ0) is 15.6. The molecule has 0 spiro atoms. The molecular weight excluding hydrogens is 294 g/mol. The summed E-state index contributed by atoms with van der Waals surface area (Å²) in [7, 11) is -2.38. The lowest BCUT2D eigenvalue weighted by molar-refractivity contribution is 0.401. The number of oxazole rings is 1. The standard InChI is InChI=1S/C13H17N3O4S/c1-8-4-11(19-3)12(5-10(8)14)21(17,18)16-7-13-15-6-9(2)20-13/h4-6,16H,7,14H2,1-3H3. The molecule has 0 atom stereocenters. The average Bonchev–Trinajstić information content (AvgIpc) is 2.85. The first-order chi connectivity index (χ1) is 9.83. The van der Waals surface area contributed by atoms with Gasteiger partial charge < -0.3 is 14.9 Å². The molecule has 21 heavy (non-hydrogen) atoms. The maximum absolute atomic E-state index is 12.3. The van der Waals surface area contributed by atoms with E-state index in [2.05, 4.69) is 9.71 Å². The normalized spacial score (nSPS) is 11.6. The summed E-state index contributed by atoms with van der Waals surface area (Å²) in [5, 5.41) is 0. The van der Waals surface area contributed by atoms with E-state index in [9.17, 15) is 8.42 Å². The molecule has 0 saturated carbocycles. The van der Waals surface area contributed by atoms with Crippen molar-refractivity contribution >= 4 is 15.7 Å². The minimum absolute atomic E-state index is 0.0172. The quantitative estimate of drug-likeness (QED) is 0.807. The third-order valence-corrected chi connectivity index (χ3v) is 4.35. The second kappa shape index (κ2) is 5.74. The fourth-order valence-corrected chi connectivity index (χ4v) is 2.92. The molecule has 2 rings (SSSR count). The van der Waals surface area contributed by atoms with E-state index in [0.29, 0.717) is 11.4 Å². The Labute approximate surface area is 123 Å². The van der Waals surface area contributed by atoms with E-state index in [4.69, 9.17) is 14.9 Å². The fraction of sp³-hybridized carbons (Fsp3) is 0.308. The van der Waals surface area contributed by atoms with Gasteiger partial charge in [-0.2, -0.15) is 0 Å². The summed E-state index contributed by atoms with van der Waals surface area (Å²) in [5.41, 5.74) is 6.90. The van der Waals surface area contributed by atoms with Crippen LogP contribution in [-0.2, 0) is 16.6 Å². The largest absolute Gasteiger partial charge is 0.495 e. The molecule has 3 N–H and O–H groups in total. The number of aryl methyl sites for hydroxylation is 2. The first kappa shape index (κ1) is 15.3. The smallest absolute Gasteiger partial charge is 0.244 e. The Morgan fingerprint density at radius 3 is 2.67 bits per heavy atom. The van der Waals surface area contributed by atoms with E-state index in [1.54, 1.807) is 19.9 Å². The van der Waals surface area contributed by atoms with Crippen molar-refractivity contribution < 1.29 is 17.6 Å². The van der Waals surface area contributed by atoms with Crippen molar-refractivity contribution in [2.24, 2.45) is 0 Å². The molecule has 8 heteroatoms. The van der Waals surface area contributed by atoms with Crippen molar-refractivity contribution in [3.05, 3.63) is 35.5 Å². The van der Waals surface area contributed by atoms with Crippen LogP contribution in [0.2, 0.25) is 0 Å². The van der Waals surface area contributed by atoms with E-state index >= 15 is 0 Å². The van der Waals surface area contributed by atoms with Gasteiger partial charge in [0.25, 0.3) is 0 Å². The van der Waals surface area contributed by atoms with Crippen molar-refractivity contribution in [2.45, 2.75) is 25.3 Å². The van der Waals surface area contributed by atoms with Crippen LogP contribution in [0.1, 0.15) is 17.2 Å². The van der Waals surface area contributed by atoms with Crippen molar-refractivity contribution in [2.75, 3.05) is 12.8 Å². The number of nitrogen functional groups attached to an aromatic ring is 1. The van der Waals surface area contributed by atoms with Crippen molar-refractivity contribution in [1.29, 1.82) is 0 Å². The Balaban J connectivity index is 2.28. The number of methoxy groups -OCH3 is 1. The van der Waals surface area contributed by atoms with Crippen LogP contribution in [0, 0.1) is 13.8 Å². The van der Waals surface area contributed by atoms with Crippen LogP contribution in [-0.4, -0.2) is 20.5 Å².